The minimum Gasteiger partial charge on any atom is -0.314 e. The maximum Gasteiger partial charge on any atom is 0.149 e. The Morgan fingerprint density at radius 3 is 2.95 bits per heavy atom. The zero-order chi connectivity index (χ0) is 13.4. The first-order chi connectivity index (χ1) is 9.16. The van der Waals surface area contributed by atoms with Gasteiger partial charge in [0.2, 0.25) is 0 Å². The van der Waals surface area contributed by atoms with E-state index in [-0.39, 0.29) is 6.04 Å². The molecule has 2 aromatic rings. The fourth-order valence-corrected chi connectivity index (χ4v) is 4.37. The van der Waals surface area contributed by atoms with Crippen molar-refractivity contribution in [3.8, 4) is 0 Å². The van der Waals surface area contributed by atoms with Gasteiger partial charge >= 0.3 is 0 Å². The van der Waals surface area contributed by atoms with E-state index < -0.39 is 0 Å². The topological polar surface area (TPSA) is 42.7 Å². The number of aromatic nitrogens is 3. The van der Waals surface area contributed by atoms with Crippen molar-refractivity contribution in [1.29, 1.82) is 0 Å². The largest absolute Gasteiger partial charge is 0.314 e. The lowest BCUT2D eigenvalue weighted by molar-refractivity contribution is 0.463. The van der Waals surface area contributed by atoms with Crippen LogP contribution in [0.2, 0.25) is 0 Å². The number of rotatable bonds is 4. The third-order valence-electron chi connectivity index (χ3n) is 3.56. The van der Waals surface area contributed by atoms with Crippen LogP contribution in [0.25, 0.3) is 0 Å². The second-order valence-electron chi connectivity index (χ2n) is 4.97. The number of nitrogens with zero attached hydrogens (tertiary/aromatic N) is 3. The molecule has 4 nitrogen and oxygen atoms in total. The van der Waals surface area contributed by atoms with Crippen molar-refractivity contribution in [2.45, 2.75) is 45.3 Å². The lowest BCUT2D eigenvalue weighted by atomic mass is 10.2. The monoisotopic (exact) mass is 340 g/mol. The third-order valence-corrected chi connectivity index (χ3v) is 5.62. The minimum absolute atomic E-state index is 0.211. The van der Waals surface area contributed by atoms with Gasteiger partial charge in [-0.05, 0) is 47.6 Å². The molecule has 0 saturated carbocycles. The number of thiophene rings is 1. The second kappa shape index (κ2) is 5.34. The first-order valence-electron chi connectivity index (χ1n) is 6.57. The molecule has 0 spiro atoms. The van der Waals surface area contributed by atoms with Gasteiger partial charge < -0.3 is 9.88 Å². The molecule has 3 heterocycles. The number of nitrogens with one attached hydrogen (secondary N) is 1. The maximum absolute atomic E-state index is 4.34. The van der Waals surface area contributed by atoms with E-state index in [0.717, 1.165) is 24.6 Å². The number of aryl methyl sites for hydroxylation is 1. The minimum atomic E-state index is 0.211. The molecule has 0 saturated heterocycles. The van der Waals surface area contributed by atoms with Crippen LogP contribution in [0.4, 0.5) is 0 Å². The lowest BCUT2D eigenvalue weighted by Crippen LogP contribution is -2.24. The molecule has 2 atom stereocenters. The molecule has 0 aliphatic carbocycles. The summed E-state index contributed by atoms with van der Waals surface area (Å²) in [6, 6.07) is 2.61. The van der Waals surface area contributed by atoms with Crippen LogP contribution in [0.3, 0.4) is 0 Å². The quantitative estimate of drug-likeness (QED) is 0.926. The Morgan fingerprint density at radius 2 is 2.21 bits per heavy atom. The summed E-state index contributed by atoms with van der Waals surface area (Å²) < 4.78 is 3.43. The van der Waals surface area contributed by atoms with E-state index in [2.05, 4.69) is 61.3 Å². The van der Waals surface area contributed by atoms with Crippen molar-refractivity contribution < 1.29 is 0 Å². The summed E-state index contributed by atoms with van der Waals surface area (Å²) in [5, 5.41) is 14.3. The molecular formula is C13H17BrN4S. The Balaban J connectivity index is 1.74. The summed E-state index contributed by atoms with van der Waals surface area (Å²) in [5.41, 5.74) is 0. The van der Waals surface area contributed by atoms with Crippen molar-refractivity contribution >= 4 is 27.3 Å². The smallest absolute Gasteiger partial charge is 0.149 e. The zero-order valence-corrected chi connectivity index (χ0v) is 13.5. The van der Waals surface area contributed by atoms with Crippen LogP contribution >= 0.6 is 27.3 Å². The SMILES string of the molecule is CC(NC(C)c1nnc2n1CCC2)c1sccc1Br. The van der Waals surface area contributed by atoms with E-state index in [1.165, 1.54) is 15.8 Å². The average molecular weight is 341 g/mol. The molecule has 1 aliphatic heterocycles. The van der Waals surface area contributed by atoms with Crippen molar-refractivity contribution in [1.82, 2.24) is 20.1 Å². The van der Waals surface area contributed by atoms with Crippen LogP contribution in [-0.4, -0.2) is 14.8 Å². The molecule has 0 radical (unpaired) electrons. The van der Waals surface area contributed by atoms with E-state index in [1.54, 1.807) is 11.3 Å². The van der Waals surface area contributed by atoms with Crippen molar-refractivity contribution in [3.63, 3.8) is 0 Å². The highest BCUT2D eigenvalue weighted by atomic mass is 79.9. The van der Waals surface area contributed by atoms with Gasteiger partial charge in [-0.25, -0.2) is 0 Å². The number of fused-ring (bicyclic) bond motifs is 1. The predicted octanol–water partition coefficient (Wildman–Crippen LogP) is 3.46. The van der Waals surface area contributed by atoms with E-state index in [0.29, 0.717) is 6.04 Å². The molecule has 2 aromatic heterocycles. The van der Waals surface area contributed by atoms with Gasteiger partial charge in [0.1, 0.15) is 11.6 Å². The van der Waals surface area contributed by atoms with Crippen molar-refractivity contribution in [3.05, 3.63) is 32.4 Å². The molecule has 2 unspecified atom stereocenters. The van der Waals surface area contributed by atoms with Crippen LogP contribution in [-0.2, 0) is 13.0 Å². The lowest BCUT2D eigenvalue weighted by Gasteiger charge is -2.19. The van der Waals surface area contributed by atoms with Crippen molar-refractivity contribution in [2.75, 3.05) is 0 Å². The Kier molecular flexibility index (Phi) is 3.73. The fraction of sp³-hybridized carbons (Fsp3) is 0.538. The average Bonchev–Trinajstić information content (AvgIpc) is 3.02. The third kappa shape index (κ3) is 2.49. The Hall–Kier alpha value is -0.720. The number of hydrogen-bond donors (Lipinski definition) is 1. The Morgan fingerprint density at radius 1 is 1.37 bits per heavy atom. The fourth-order valence-electron chi connectivity index (χ4n) is 2.63. The molecule has 0 bridgehead atoms. The highest BCUT2D eigenvalue weighted by Gasteiger charge is 2.23. The number of halogens is 1. The van der Waals surface area contributed by atoms with Gasteiger partial charge in [0.15, 0.2) is 0 Å². The van der Waals surface area contributed by atoms with Gasteiger partial charge in [-0.1, -0.05) is 0 Å². The standard InChI is InChI=1S/C13H17BrN4S/c1-8(12-10(14)5-7-19-12)15-9(2)13-17-16-11-4-3-6-18(11)13/h5,7-9,15H,3-4,6H2,1-2H3. The first kappa shape index (κ1) is 13.3. The summed E-state index contributed by atoms with van der Waals surface area (Å²) in [6.45, 7) is 5.41. The summed E-state index contributed by atoms with van der Waals surface area (Å²) >= 11 is 5.36. The Labute approximate surface area is 125 Å². The molecule has 19 heavy (non-hydrogen) atoms. The van der Waals surface area contributed by atoms with E-state index >= 15 is 0 Å². The van der Waals surface area contributed by atoms with E-state index in [4.69, 9.17) is 0 Å². The van der Waals surface area contributed by atoms with E-state index in [9.17, 15) is 0 Å². The van der Waals surface area contributed by atoms with Gasteiger partial charge in [0.05, 0.1) is 6.04 Å². The van der Waals surface area contributed by atoms with Crippen LogP contribution in [0.15, 0.2) is 15.9 Å². The van der Waals surface area contributed by atoms with Crippen LogP contribution in [0.1, 0.15) is 48.9 Å². The molecule has 1 aliphatic rings. The molecule has 102 valence electrons. The summed E-state index contributed by atoms with van der Waals surface area (Å²) in [4.78, 5) is 1.33. The summed E-state index contributed by atoms with van der Waals surface area (Å²) in [5.74, 6) is 2.20. The zero-order valence-electron chi connectivity index (χ0n) is 11.1. The van der Waals surface area contributed by atoms with Crippen LogP contribution < -0.4 is 5.32 Å². The molecule has 6 heteroatoms. The Bertz CT molecular complexity index is 577. The van der Waals surface area contributed by atoms with Gasteiger partial charge in [0, 0.05) is 28.4 Å². The van der Waals surface area contributed by atoms with Gasteiger partial charge in [-0.2, -0.15) is 0 Å². The number of hydrogen-bond acceptors (Lipinski definition) is 4. The summed E-state index contributed by atoms with van der Waals surface area (Å²) in [7, 11) is 0. The predicted molar refractivity (Wildman–Crippen MR) is 80.3 cm³/mol. The maximum atomic E-state index is 4.34. The molecule has 0 aromatic carbocycles. The normalized spacial score (nSPS) is 17.4. The van der Waals surface area contributed by atoms with Crippen molar-refractivity contribution in [2.24, 2.45) is 0 Å². The van der Waals surface area contributed by atoms with Gasteiger partial charge in [-0.15, -0.1) is 21.5 Å². The molecule has 0 fully saturated rings. The highest BCUT2D eigenvalue weighted by molar-refractivity contribution is 9.10. The molecule has 3 rings (SSSR count). The second-order valence-corrected chi connectivity index (χ2v) is 6.77. The molecular weight excluding hydrogens is 324 g/mol. The van der Waals surface area contributed by atoms with Gasteiger partial charge in [0.25, 0.3) is 0 Å². The van der Waals surface area contributed by atoms with Crippen LogP contribution in [0, 0.1) is 0 Å². The highest BCUT2D eigenvalue weighted by Crippen LogP contribution is 2.30. The molecule has 1 N–H and O–H groups in total. The van der Waals surface area contributed by atoms with Gasteiger partial charge in [-0.3, -0.25) is 0 Å². The summed E-state index contributed by atoms with van der Waals surface area (Å²) in [6.07, 6.45) is 2.25. The first-order valence-corrected chi connectivity index (χ1v) is 8.25. The van der Waals surface area contributed by atoms with E-state index in [1.807, 2.05) is 0 Å². The van der Waals surface area contributed by atoms with Crippen LogP contribution in [0.5, 0.6) is 0 Å². The molecule has 0 amide bonds.